The van der Waals surface area contributed by atoms with E-state index in [1.165, 1.54) is 33.6 Å². The highest BCUT2D eigenvalue weighted by molar-refractivity contribution is 7.98. The Bertz CT molecular complexity index is 1450. The monoisotopic (exact) mass is 481 g/mol. The summed E-state index contributed by atoms with van der Waals surface area (Å²) in [5, 5.41) is 13.6. The van der Waals surface area contributed by atoms with Crippen LogP contribution in [0.2, 0.25) is 0 Å². The molecule has 0 bridgehead atoms. The van der Waals surface area contributed by atoms with Crippen molar-refractivity contribution < 1.29 is 9.90 Å². The molecular formula is C23H21N4O4S2-. The van der Waals surface area contributed by atoms with Crippen LogP contribution in [0.25, 0.3) is 15.9 Å². The van der Waals surface area contributed by atoms with Crippen LogP contribution in [-0.2, 0) is 17.1 Å². The number of nitrogens with zero attached hydrogens (tertiary/aromatic N) is 4. The maximum atomic E-state index is 13.2. The lowest BCUT2D eigenvalue weighted by Crippen LogP contribution is -2.35. The van der Waals surface area contributed by atoms with Crippen molar-refractivity contribution >= 4 is 44.9 Å². The van der Waals surface area contributed by atoms with Gasteiger partial charge in [0.25, 0.3) is 11.1 Å². The van der Waals surface area contributed by atoms with Gasteiger partial charge in [0.05, 0.1) is 11.2 Å². The average Bonchev–Trinajstić information content (AvgIpc) is 3.29. The molecule has 8 nitrogen and oxygen atoms in total. The van der Waals surface area contributed by atoms with Crippen molar-refractivity contribution in [2.75, 3.05) is 0 Å². The van der Waals surface area contributed by atoms with Crippen molar-refractivity contribution in [1.29, 1.82) is 0 Å². The number of thiophene rings is 1. The van der Waals surface area contributed by atoms with Crippen molar-refractivity contribution in [3.63, 3.8) is 0 Å². The first kappa shape index (κ1) is 21.8. The number of carboxylic acids is 1. The van der Waals surface area contributed by atoms with Crippen LogP contribution >= 0.6 is 23.1 Å². The van der Waals surface area contributed by atoms with Gasteiger partial charge in [0.1, 0.15) is 10.3 Å². The Hall–Kier alpha value is -2.98. The molecule has 0 saturated heterocycles. The highest BCUT2D eigenvalue weighted by Gasteiger charge is 2.24. The second-order valence-corrected chi connectivity index (χ2v) is 10.1. The molecular weight excluding hydrogens is 460 g/mol. The van der Waals surface area contributed by atoms with Gasteiger partial charge < -0.3 is 9.90 Å². The van der Waals surface area contributed by atoms with Crippen molar-refractivity contribution in [3.05, 3.63) is 68.3 Å². The lowest BCUT2D eigenvalue weighted by Gasteiger charge is -2.29. The number of aromatic nitrogens is 4. The molecule has 0 N–H and O–H groups in total. The number of carboxylic acid groups (broad SMARTS) is 1. The van der Waals surface area contributed by atoms with E-state index in [1.807, 2.05) is 17.5 Å². The Labute approximate surface area is 196 Å². The molecule has 0 spiro atoms. The van der Waals surface area contributed by atoms with Gasteiger partial charge in [-0.1, -0.05) is 17.8 Å². The minimum absolute atomic E-state index is 0.0777. The van der Waals surface area contributed by atoms with E-state index in [-0.39, 0.29) is 17.0 Å². The number of carbonyl (C=O) groups excluding carboxylic acids is 1. The lowest BCUT2D eigenvalue weighted by atomic mass is 9.82. The molecule has 5 rings (SSSR count). The van der Waals surface area contributed by atoms with Crippen LogP contribution < -0.4 is 16.2 Å². The number of hydrogen-bond acceptors (Lipinski definition) is 8. The third kappa shape index (κ3) is 4.45. The molecule has 4 aromatic heterocycles. The molecule has 10 heteroatoms. The molecule has 0 unspecified atom stereocenters. The zero-order chi connectivity index (χ0) is 22.9. The smallest absolute Gasteiger partial charge is 0.272 e. The van der Waals surface area contributed by atoms with Gasteiger partial charge in [0.2, 0.25) is 0 Å². The van der Waals surface area contributed by atoms with Crippen LogP contribution in [0.1, 0.15) is 31.4 Å². The van der Waals surface area contributed by atoms with E-state index in [1.54, 1.807) is 22.9 Å². The number of carbonyl (C=O) groups is 1. The number of rotatable bonds is 6. The first-order valence-electron chi connectivity index (χ1n) is 10.8. The molecule has 4 aromatic rings. The van der Waals surface area contributed by atoms with Gasteiger partial charge in [0, 0.05) is 30.5 Å². The summed E-state index contributed by atoms with van der Waals surface area (Å²) in [5.41, 5.74) is 1.63. The molecule has 33 heavy (non-hydrogen) atoms. The van der Waals surface area contributed by atoms with Crippen LogP contribution in [0.3, 0.4) is 0 Å². The molecule has 0 atom stereocenters. The Balaban J connectivity index is 1.42. The van der Waals surface area contributed by atoms with E-state index in [9.17, 15) is 19.5 Å². The number of hydrogen-bond donors (Lipinski definition) is 0. The summed E-state index contributed by atoms with van der Waals surface area (Å²) in [7, 11) is 0. The molecule has 170 valence electrons. The maximum Gasteiger partial charge on any atom is 0.272 e. The third-order valence-electron chi connectivity index (χ3n) is 6.12. The molecule has 0 amide bonds. The Morgan fingerprint density at radius 1 is 1.15 bits per heavy atom. The zero-order valence-corrected chi connectivity index (χ0v) is 19.3. The third-order valence-corrected chi connectivity index (χ3v) is 8.03. The van der Waals surface area contributed by atoms with Crippen molar-refractivity contribution in [1.82, 2.24) is 18.9 Å². The minimum atomic E-state index is -0.984. The number of fused-ring (bicyclic) bond motifs is 2. The topological polar surface area (TPSA) is 109 Å². The summed E-state index contributed by atoms with van der Waals surface area (Å²) < 4.78 is 3.81. The van der Waals surface area contributed by atoms with Gasteiger partial charge in [-0.15, -0.1) is 11.3 Å². The molecule has 0 aliphatic heterocycles. The maximum absolute atomic E-state index is 13.2. The molecule has 1 aliphatic carbocycles. The standard InChI is InChI=1S/C23H22N4O4S2/c28-19-11-16(24-18-3-1-2-9-26(18)19)13-33-23-25-17-8-10-32-20(17)21(29)27(23)12-14-4-6-15(7-5-14)22(30)31/h1-3,8-11,14-15H,4-7,12-13H2,(H,30,31)/p-1. The number of thioether (sulfide) groups is 1. The van der Waals surface area contributed by atoms with E-state index in [4.69, 9.17) is 4.98 Å². The largest absolute Gasteiger partial charge is 0.550 e. The predicted octanol–water partition coefficient (Wildman–Crippen LogP) is 2.31. The second-order valence-electron chi connectivity index (χ2n) is 8.29. The summed E-state index contributed by atoms with van der Waals surface area (Å²) >= 11 is 2.76. The summed E-state index contributed by atoms with van der Waals surface area (Å²) in [6, 6.07) is 8.74. The first-order valence-corrected chi connectivity index (χ1v) is 12.6. The highest BCUT2D eigenvalue weighted by Crippen LogP contribution is 2.31. The van der Waals surface area contributed by atoms with Gasteiger partial charge in [0.15, 0.2) is 5.16 Å². The quantitative estimate of drug-likeness (QED) is 0.307. The van der Waals surface area contributed by atoms with E-state index in [2.05, 4.69) is 4.98 Å². The fourth-order valence-electron chi connectivity index (χ4n) is 4.35. The van der Waals surface area contributed by atoms with E-state index < -0.39 is 11.9 Å². The average molecular weight is 482 g/mol. The fraction of sp³-hybridized carbons (Fsp3) is 0.348. The van der Waals surface area contributed by atoms with E-state index in [0.717, 1.165) is 12.8 Å². The fourth-order valence-corrected chi connectivity index (χ4v) is 6.03. The molecule has 1 saturated carbocycles. The number of aliphatic carboxylic acids is 1. The van der Waals surface area contributed by atoms with Gasteiger partial charge in [-0.25, -0.2) is 9.97 Å². The van der Waals surface area contributed by atoms with Gasteiger partial charge in [-0.05, 0) is 61.1 Å². The van der Waals surface area contributed by atoms with Crippen molar-refractivity contribution in [3.8, 4) is 0 Å². The summed E-state index contributed by atoms with van der Waals surface area (Å²) in [6.07, 6.45) is 4.30. The molecule has 4 heterocycles. The zero-order valence-electron chi connectivity index (χ0n) is 17.7. The van der Waals surface area contributed by atoms with Crippen LogP contribution in [0.5, 0.6) is 0 Å². The summed E-state index contributed by atoms with van der Waals surface area (Å²) in [4.78, 5) is 46.1. The number of pyridine rings is 1. The minimum Gasteiger partial charge on any atom is -0.550 e. The van der Waals surface area contributed by atoms with Crippen LogP contribution in [0, 0.1) is 11.8 Å². The van der Waals surface area contributed by atoms with Gasteiger partial charge in [-0.3, -0.25) is 18.6 Å². The van der Waals surface area contributed by atoms with Crippen LogP contribution in [0.15, 0.2) is 56.7 Å². The Morgan fingerprint density at radius 3 is 2.76 bits per heavy atom. The SMILES string of the molecule is O=C([O-])C1CCC(Cn2c(SCc3cc(=O)n4ccccc4n3)nc3ccsc3c2=O)CC1. The summed E-state index contributed by atoms with van der Waals surface area (Å²) in [6.45, 7) is 0.496. The predicted molar refractivity (Wildman–Crippen MR) is 125 cm³/mol. The van der Waals surface area contributed by atoms with Crippen molar-refractivity contribution in [2.24, 2.45) is 11.8 Å². The van der Waals surface area contributed by atoms with Crippen molar-refractivity contribution in [2.45, 2.75) is 43.1 Å². The summed E-state index contributed by atoms with van der Waals surface area (Å²) in [5.74, 6) is -0.773. The van der Waals surface area contributed by atoms with Gasteiger partial charge >= 0.3 is 0 Å². The first-order chi connectivity index (χ1) is 16.0. The molecule has 1 aliphatic rings. The van der Waals surface area contributed by atoms with Crippen LogP contribution in [-0.4, -0.2) is 24.9 Å². The van der Waals surface area contributed by atoms with E-state index >= 15 is 0 Å². The molecule has 0 aromatic carbocycles. The lowest BCUT2D eigenvalue weighted by molar-refractivity contribution is -0.312. The Morgan fingerprint density at radius 2 is 1.97 bits per heavy atom. The highest BCUT2D eigenvalue weighted by atomic mass is 32.2. The second kappa shape index (κ2) is 9.11. The molecule has 1 fully saturated rings. The Kier molecular flexibility index (Phi) is 6.03. The van der Waals surface area contributed by atoms with Crippen LogP contribution in [0.4, 0.5) is 0 Å². The van der Waals surface area contributed by atoms with E-state index in [0.29, 0.717) is 51.9 Å². The molecule has 0 radical (unpaired) electrons. The normalized spacial score (nSPS) is 18.7. The van der Waals surface area contributed by atoms with Gasteiger partial charge in [-0.2, -0.15) is 0 Å².